The summed E-state index contributed by atoms with van der Waals surface area (Å²) in [6.07, 6.45) is 2.70. The molecule has 4 rings (SSSR count). The van der Waals surface area contributed by atoms with E-state index in [1.807, 2.05) is 0 Å². The van der Waals surface area contributed by atoms with Crippen molar-refractivity contribution in [2.45, 2.75) is 5.54 Å². The minimum atomic E-state index is -1.50. The lowest BCUT2D eigenvalue weighted by molar-refractivity contribution is -0.124. The molecule has 0 saturated carbocycles. The molecule has 142 valence electrons. The van der Waals surface area contributed by atoms with E-state index in [0.29, 0.717) is 10.7 Å². The van der Waals surface area contributed by atoms with E-state index in [9.17, 15) is 18.8 Å². The number of aromatic nitrogens is 4. The van der Waals surface area contributed by atoms with Crippen molar-refractivity contribution in [1.29, 1.82) is 0 Å². The smallest absolute Gasteiger partial charge is 0.322 e. The van der Waals surface area contributed by atoms with Crippen LogP contribution in [0.1, 0.15) is 15.5 Å². The van der Waals surface area contributed by atoms with Crippen LogP contribution in [0.2, 0.25) is 0 Å². The van der Waals surface area contributed by atoms with Crippen LogP contribution in [0.3, 0.4) is 0 Å². The van der Waals surface area contributed by atoms with Crippen LogP contribution in [0.5, 0.6) is 0 Å². The Kier molecular flexibility index (Phi) is 4.31. The summed E-state index contributed by atoms with van der Waals surface area (Å²) in [5, 5.41) is 17.2. The predicted molar refractivity (Wildman–Crippen MR) is 94.1 cm³/mol. The zero-order valence-corrected chi connectivity index (χ0v) is 14.9. The van der Waals surface area contributed by atoms with Gasteiger partial charge in [0.15, 0.2) is 11.2 Å². The molecule has 10 nitrogen and oxygen atoms in total. The number of hydrogen-bond donors (Lipinski definition) is 3. The predicted octanol–water partition coefficient (Wildman–Crippen LogP) is 0.328. The summed E-state index contributed by atoms with van der Waals surface area (Å²) in [5.74, 6) is -1.70. The number of rotatable bonds is 5. The zero-order chi connectivity index (χ0) is 19.7. The molecule has 0 radical (unpaired) electrons. The Morgan fingerprint density at radius 1 is 1.36 bits per heavy atom. The Morgan fingerprint density at radius 2 is 2.21 bits per heavy atom. The summed E-state index contributed by atoms with van der Waals surface area (Å²) in [6, 6.07) is 4.90. The highest BCUT2D eigenvalue weighted by atomic mass is 32.1. The van der Waals surface area contributed by atoms with Crippen molar-refractivity contribution in [3.05, 3.63) is 58.6 Å². The van der Waals surface area contributed by atoms with Crippen molar-refractivity contribution in [3.8, 4) is 5.69 Å². The summed E-state index contributed by atoms with van der Waals surface area (Å²) in [5.41, 5.74) is -1.19. The third kappa shape index (κ3) is 3.09. The SMILES string of the molecule is O=C1NC(=O)[C@](CNC(=O)c2cnn(-c3cccc(F)c3)n2)(c2nccs2)N1. The first-order valence-electron chi connectivity index (χ1n) is 7.98. The third-order valence-corrected chi connectivity index (χ3v) is 4.95. The molecule has 0 bridgehead atoms. The molecule has 0 aliphatic carbocycles. The average Bonchev–Trinajstić information content (AvgIpc) is 3.41. The molecule has 1 saturated heterocycles. The van der Waals surface area contributed by atoms with Crippen molar-refractivity contribution in [2.75, 3.05) is 6.54 Å². The Labute approximate surface area is 160 Å². The van der Waals surface area contributed by atoms with Crippen molar-refractivity contribution >= 4 is 29.2 Å². The number of halogens is 1. The number of nitrogens with zero attached hydrogens (tertiary/aromatic N) is 4. The number of thiazole rings is 1. The summed E-state index contributed by atoms with van der Waals surface area (Å²) < 4.78 is 13.3. The second kappa shape index (κ2) is 6.81. The van der Waals surface area contributed by atoms with Gasteiger partial charge in [0.2, 0.25) is 0 Å². The van der Waals surface area contributed by atoms with Crippen LogP contribution in [0.25, 0.3) is 5.69 Å². The minimum absolute atomic E-state index is 0.0386. The van der Waals surface area contributed by atoms with Gasteiger partial charge in [-0.1, -0.05) is 6.07 Å². The molecule has 1 aromatic carbocycles. The highest BCUT2D eigenvalue weighted by Crippen LogP contribution is 2.26. The molecule has 12 heteroatoms. The number of nitrogens with one attached hydrogen (secondary N) is 3. The Bertz CT molecular complexity index is 1070. The van der Waals surface area contributed by atoms with E-state index in [0.717, 1.165) is 4.80 Å². The fourth-order valence-corrected chi connectivity index (χ4v) is 3.46. The van der Waals surface area contributed by atoms with Crippen molar-refractivity contribution < 1.29 is 18.8 Å². The average molecular weight is 401 g/mol. The lowest BCUT2D eigenvalue weighted by Crippen LogP contribution is -2.52. The zero-order valence-electron chi connectivity index (χ0n) is 14.0. The van der Waals surface area contributed by atoms with Crippen LogP contribution in [-0.2, 0) is 10.3 Å². The number of urea groups is 1. The molecule has 28 heavy (non-hydrogen) atoms. The second-order valence-electron chi connectivity index (χ2n) is 5.83. The van der Waals surface area contributed by atoms with Gasteiger partial charge in [-0.3, -0.25) is 14.9 Å². The molecular formula is C16H12FN7O3S. The van der Waals surface area contributed by atoms with Gasteiger partial charge in [-0.15, -0.1) is 16.4 Å². The van der Waals surface area contributed by atoms with Gasteiger partial charge in [-0.2, -0.15) is 9.90 Å². The first kappa shape index (κ1) is 17.7. The number of amides is 4. The normalized spacial score (nSPS) is 18.6. The van der Waals surface area contributed by atoms with Gasteiger partial charge >= 0.3 is 6.03 Å². The number of carbonyl (C=O) groups is 3. The molecular weight excluding hydrogens is 389 g/mol. The Morgan fingerprint density at radius 3 is 2.89 bits per heavy atom. The largest absolute Gasteiger partial charge is 0.347 e. The summed E-state index contributed by atoms with van der Waals surface area (Å²) in [4.78, 5) is 41.6. The molecule has 1 fully saturated rings. The summed E-state index contributed by atoms with van der Waals surface area (Å²) in [6.45, 7) is -0.232. The number of imide groups is 1. The van der Waals surface area contributed by atoms with Gasteiger partial charge in [-0.05, 0) is 12.1 Å². The summed E-state index contributed by atoms with van der Waals surface area (Å²) >= 11 is 1.17. The lowest BCUT2D eigenvalue weighted by Gasteiger charge is -2.23. The molecule has 3 heterocycles. The van der Waals surface area contributed by atoms with Crippen molar-refractivity contribution in [1.82, 2.24) is 35.9 Å². The number of benzene rings is 1. The molecule has 2 aromatic heterocycles. The van der Waals surface area contributed by atoms with E-state index >= 15 is 0 Å². The van der Waals surface area contributed by atoms with Gasteiger partial charge in [0.1, 0.15) is 10.8 Å². The van der Waals surface area contributed by atoms with Crippen molar-refractivity contribution in [2.24, 2.45) is 0 Å². The molecule has 3 aromatic rings. The van der Waals surface area contributed by atoms with E-state index < -0.39 is 29.2 Å². The molecule has 1 aliphatic heterocycles. The van der Waals surface area contributed by atoms with Crippen LogP contribution in [-0.4, -0.2) is 44.4 Å². The van der Waals surface area contributed by atoms with Gasteiger partial charge in [0, 0.05) is 17.6 Å². The first-order chi connectivity index (χ1) is 13.5. The van der Waals surface area contributed by atoms with E-state index in [1.54, 1.807) is 11.4 Å². The van der Waals surface area contributed by atoms with E-state index in [-0.39, 0.29) is 12.2 Å². The second-order valence-corrected chi connectivity index (χ2v) is 6.73. The van der Waals surface area contributed by atoms with E-state index in [4.69, 9.17) is 0 Å². The molecule has 0 spiro atoms. The molecule has 3 N–H and O–H groups in total. The fraction of sp³-hybridized carbons (Fsp3) is 0.125. The van der Waals surface area contributed by atoms with Crippen LogP contribution >= 0.6 is 11.3 Å². The van der Waals surface area contributed by atoms with Crippen LogP contribution < -0.4 is 16.0 Å². The highest BCUT2D eigenvalue weighted by molar-refractivity contribution is 7.09. The van der Waals surface area contributed by atoms with E-state index in [2.05, 4.69) is 31.1 Å². The lowest BCUT2D eigenvalue weighted by atomic mass is 10.0. The minimum Gasteiger partial charge on any atom is -0.347 e. The topological polar surface area (TPSA) is 131 Å². The third-order valence-electron chi connectivity index (χ3n) is 4.02. The fourth-order valence-electron chi connectivity index (χ4n) is 2.67. The van der Waals surface area contributed by atoms with Gasteiger partial charge in [0.25, 0.3) is 11.8 Å². The molecule has 0 unspecified atom stereocenters. The first-order valence-corrected chi connectivity index (χ1v) is 8.86. The van der Waals surface area contributed by atoms with Gasteiger partial charge < -0.3 is 10.6 Å². The van der Waals surface area contributed by atoms with E-state index in [1.165, 1.54) is 41.9 Å². The summed E-state index contributed by atoms with van der Waals surface area (Å²) in [7, 11) is 0. The maximum atomic E-state index is 13.3. The molecule has 1 atom stereocenters. The maximum Gasteiger partial charge on any atom is 0.322 e. The van der Waals surface area contributed by atoms with Gasteiger partial charge in [-0.25, -0.2) is 14.2 Å². The quantitative estimate of drug-likeness (QED) is 0.528. The van der Waals surface area contributed by atoms with Crippen LogP contribution in [0.15, 0.2) is 42.0 Å². The van der Waals surface area contributed by atoms with Crippen molar-refractivity contribution in [3.63, 3.8) is 0 Å². The highest BCUT2D eigenvalue weighted by Gasteiger charge is 2.50. The maximum absolute atomic E-state index is 13.3. The van der Waals surface area contributed by atoms with Crippen LogP contribution in [0, 0.1) is 5.82 Å². The Hall–Kier alpha value is -3.67. The number of hydrogen-bond acceptors (Lipinski definition) is 7. The van der Waals surface area contributed by atoms with Crippen LogP contribution in [0.4, 0.5) is 9.18 Å². The monoisotopic (exact) mass is 401 g/mol. The standard InChI is InChI=1S/C16H12FN7O3S/c17-9-2-1-3-10(6-9)24-20-7-11(23-24)12(25)19-8-16(14-18-4-5-28-14)13(26)21-15(27)22-16/h1-7H,8H2,(H,19,25)(H2,21,22,26,27)/t16-/m1/s1. The molecule has 1 aliphatic rings. The molecule has 4 amide bonds. The number of carbonyl (C=O) groups excluding carboxylic acids is 3. The van der Waals surface area contributed by atoms with Gasteiger partial charge in [0.05, 0.1) is 18.4 Å². The Balaban J connectivity index is 1.52.